The van der Waals surface area contributed by atoms with E-state index in [-0.39, 0.29) is 29.2 Å². The molecule has 0 aliphatic rings. The number of sulfone groups is 1. The van der Waals surface area contributed by atoms with Gasteiger partial charge in [0.2, 0.25) is 0 Å². The minimum absolute atomic E-state index is 0.0610. The molecule has 0 saturated heterocycles. The lowest BCUT2D eigenvalue weighted by Gasteiger charge is -2.10. The Kier molecular flexibility index (Phi) is 5.04. The smallest absolute Gasteiger partial charge is 0.303 e. The molecule has 2 aromatic carbocycles. The number of carboxylic acid groups (broad SMARTS) is 1. The van der Waals surface area contributed by atoms with Crippen LogP contribution in [0.15, 0.2) is 64.4 Å². The van der Waals surface area contributed by atoms with Crippen LogP contribution < -0.4 is 10.9 Å². The number of aromatic nitrogens is 2. The van der Waals surface area contributed by atoms with Crippen molar-refractivity contribution in [3.05, 3.63) is 70.6 Å². The predicted octanol–water partition coefficient (Wildman–Crippen LogP) is 2.87. The number of aromatic amines is 2. The van der Waals surface area contributed by atoms with Gasteiger partial charge in [-0.05, 0) is 42.3 Å². The van der Waals surface area contributed by atoms with Crippen molar-refractivity contribution in [3.63, 3.8) is 0 Å². The van der Waals surface area contributed by atoms with Gasteiger partial charge in [-0.1, -0.05) is 18.2 Å². The van der Waals surface area contributed by atoms with Crippen molar-refractivity contribution in [2.75, 3.05) is 11.2 Å². The van der Waals surface area contributed by atoms with Gasteiger partial charge in [-0.2, -0.15) is 0 Å². The Morgan fingerprint density at radius 2 is 1.87 bits per heavy atom. The molecule has 0 bridgehead atoms. The summed E-state index contributed by atoms with van der Waals surface area (Å²) in [7, 11) is -3.52. The van der Waals surface area contributed by atoms with Gasteiger partial charge in [-0.3, -0.25) is 9.59 Å². The molecule has 9 heteroatoms. The molecule has 30 heavy (non-hydrogen) atoms. The summed E-state index contributed by atoms with van der Waals surface area (Å²) < 4.78 is 25.0. The highest BCUT2D eigenvalue weighted by Crippen LogP contribution is 2.28. The molecule has 154 valence electrons. The summed E-state index contributed by atoms with van der Waals surface area (Å²) in [6.45, 7) is 0. The number of pyridine rings is 1. The van der Waals surface area contributed by atoms with Gasteiger partial charge in [0, 0.05) is 34.6 Å². The molecule has 0 radical (unpaired) electrons. The number of hydrogen-bond acceptors (Lipinski definition) is 5. The van der Waals surface area contributed by atoms with E-state index in [1.165, 1.54) is 0 Å². The van der Waals surface area contributed by atoms with Gasteiger partial charge in [0.15, 0.2) is 9.84 Å². The Bertz CT molecular complexity index is 1410. The lowest BCUT2D eigenvalue weighted by molar-refractivity contribution is -0.136. The molecule has 0 fully saturated rings. The fourth-order valence-electron chi connectivity index (χ4n) is 3.43. The summed E-state index contributed by atoms with van der Waals surface area (Å²) in [6.07, 6.45) is 1.85. The van der Waals surface area contributed by atoms with Gasteiger partial charge in [0.1, 0.15) is 11.4 Å². The number of H-pyrrole nitrogens is 2. The van der Waals surface area contributed by atoms with Crippen molar-refractivity contribution >= 4 is 43.3 Å². The van der Waals surface area contributed by atoms with Gasteiger partial charge in [-0.25, -0.2) is 8.42 Å². The molecule has 2 heterocycles. The predicted molar refractivity (Wildman–Crippen MR) is 114 cm³/mol. The SMILES string of the molecule is O=C(O)CCc1c[nH]c2c(=O)[nH]c3ccc(NCS(=O)(=O)c4ccccc4)cc3c12. The van der Waals surface area contributed by atoms with Gasteiger partial charge in [0.25, 0.3) is 5.56 Å². The fraction of sp³-hybridized carbons (Fsp3) is 0.143. The third-order valence-corrected chi connectivity index (χ3v) is 6.42. The van der Waals surface area contributed by atoms with Crippen LogP contribution in [0, 0.1) is 0 Å². The first-order valence-corrected chi connectivity index (χ1v) is 10.9. The summed E-state index contributed by atoms with van der Waals surface area (Å²) in [5.74, 6) is -1.21. The lowest BCUT2D eigenvalue weighted by Crippen LogP contribution is -2.14. The van der Waals surface area contributed by atoms with Crippen LogP contribution in [0.1, 0.15) is 12.0 Å². The summed E-state index contributed by atoms with van der Waals surface area (Å²) in [6, 6.07) is 13.3. The zero-order valence-corrected chi connectivity index (χ0v) is 16.6. The highest BCUT2D eigenvalue weighted by molar-refractivity contribution is 7.91. The van der Waals surface area contributed by atoms with Crippen LogP contribution in [-0.2, 0) is 21.1 Å². The van der Waals surface area contributed by atoms with E-state index in [1.807, 2.05) is 0 Å². The van der Waals surface area contributed by atoms with Crippen LogP contribution in [0.2, 0.25) is 0 Å². The van der Waals surface area contributed by atoms with Crippen molar-refractivity contribution in [2.24, 2.45) is 0 Å². The van der Waals surface area contributed by atoms with Crippen molar-refractivity contribution in [2.45, 2.75) is 17.7 Å². The van der Waals surface area contributed by atoms with Crippen LogP contribution in [0.3, 0.4) is 0 Å². The van der Waals surface area contributed by atoms with Crippen molar-refractivity contribution in [1.82, 2.24) is 9.97 Å². The number of hydrogen-bond donors (Lipinski definition) is 4. The molecule has 0 unspecified atom stereocenters. The molecule has 0 spiro atoms. The van der Waals surface area contributed by atoms with Gasteiger partial charge in [0.05, 0.1) is 4.90 Å². The highest BCUT2D eigenvalue weighted by atomic mass is 32.2. The second kappa shape index (κ2) is 7.68. The van der Waals surface area contributed by atoms with E-state index in [9.17, 15) is 18.0 Å². The maximum Gasteiger partial charge on any atom is 0.303 e. The van der Waals surface area contributed by atoms with Crippen LogP contribution in [0.5, 0.6) is 0 Å². The van der Waals surface area contributed by atoms with Crippen LogP contribution in [-0.4, -0.2) is 35.3 Å². The Morgan fingerprint density at radius 3 is 2.60 bits per heavy atom. The maximum absolute atomic E-state index is 12.5. The normalized spacial score (nSPS) is 11.7. The number of fused-ring (bicyclic) bond motifs is 3. The minimum atomic E-state index is -3.52. The van der Waals surface area contributed by atoms with E-state index in [1.54, 1.807) is 54.7 Å². The molecule has 8 nitrogen and oxygen atoms in total. The Labute approximate surface area is 171 Å². The van der Waals surface area contributed by atoms with Gasteiger partial charge < -0.3 is 20.4 Å². The average Bonchev–Trinajstić information content (AvgIpc) is 3.17. The highest BCUT2D eigenvalue weighted by Gasteiger charge is 2.15. The zero-order valence-electron chi connectivity index (χ0n) is 15.8. The Hall–Kier alpha value is -3.59. The number of aliphatic carboxylic acids is 1. The molecule has 0 aliphatic heterocycles. The molecular weight excluding hydrogens is 406 g/mol. The van der Waals surface area contributed by atoms with Gasteiger partial charge in [-0.15, -0.1) is 0 Å². The van der Waals surface area contributed by atoms with E-state index < -0.39 is 15.8 Å². The van der Waals surface area contributed by atoms with E-state index in [0.29, 0.717) is 27.5 Å². The van der Waals surface area contributed by atoms with Crippen molar-refractivity contribution < 1.29 is 18.3 Å². The summed E-state index contributed by atoms with van der Waals surface area (Å²) in [5, 5.41) is 13.3. The van der Waals surface area contributed by atoms with Gasteiger partial charge >= 0.3 is 5.97 Å². The summed E-state index contributed by atoms with van der Waals surface area (Å²) in [4.78, 5) is 29.2. The number of anilines is 1. The largest absolute Gasteiger partial charge is 0.481 e. The first-order chi connectivity index (χ1) is 14.3. The molecular formula is C21H19N3O5S. The summed E-state index contributed by atoms with van der Waals surface area (Å²) >= 11 is 0. The molecule has 0 saturated carbocycles. The molecule has 4 rings (SSSR count). The van der Waals surface area contributed by atoms with Crippen molar-refractivity contribution in [3.8, 4) is 0 Å². The Balaban J connectivity index is 1.71. The molecule has 0 amide bonds. The van der Waals surface area contributed by atoms with E-state index in [0.717, 1.165) is 5.56 Å². The number of rotatable bonds is 7. The monoisotopic (exact) mass is 425 g/mol. The topological polar surface area (TPSA) is 132 Å². The minimum Gasteiger partial charge on any atom is -0.481 e. The number of benzene rings is 2. The molecule has 0 atom stereocenters. The van der Waals surface area contributed by atoms with E-state index >= 15 is 0 Å². The third-order valence-electron chi connectivity index (χ3n) is 4.90. The second-order valence-electron chi connectivity index (χ2n) is 6.92. The first-order valence-electron chi connectivity index (χ1n) is 9.24. The third kappa shape index (κ3) is 3.79. The summed E-state index contributed by atoms with van der Waals surface area (Å²) in [5.41, 5.74) is 1.93. The Morgan fingerprint density at radius 1 is 1.10 bits per heavy atom. The quantitative estimate of drug-likeness (QED) is 0.360. The molecule has 4 aromatic rings. The fourth-order valence-corrected chi connectivity index (χ4v) is 4.53. The van der Waals surface area contributed by atoms with E-state index in [2.05, 4.69) is 15.3 Å². The van der Waals surface area contributed by atoms with Crippen LogP contribution in [0.25, 0.3) is 21.8 Å². The van der Waals surface area contributed by atoms with Crippen LogP contribution in [0.4, 0.5) is 5.69 Å². The number of carboxylic acids is 1. The average molecular weight is 425 g/mol. The molecule has 2 aromatic heterocycles. The molecule has 4 N–H and O–H groups in total. The standard InChI is InChI=1S/C21H19N3O5S/c25-18(26)9-6-13-11-22-20-19(13)16-10-14(7-8-17(16)24-21(20)27)23-12-30(28,29)15-4-2-1-3-5-15/h1-5,7-8,10-11,22-23H,6,9,12H2,(H,24,27)(H,25,26). The van der Waals surface area contributed by atoms with E-state index in [4.69, 9.17) is 5.11 Å². The zero-order chi connectivity index (χ0) is 21.3. The lowest BCUT2D eigenvalue weighted by atomic mass is 10.0. The number of nitrogens with one attached hydrogen (secondary N) is 3. The van der Waals surface area contributed by atoms with Crippen molar-refractivity contribution in [1.29, 1.82) is 0 Å². The number of aryl methyl sites for hydroxylation is 1. The molecule has 0 aliphatic carbocycles. The maximum atomic E-state index is 12.5. The number of carbonyl (C=O) groups is 1. The van der Waals surface area contributed by atoms with Crippen LogP contribution >= 0.6 is 0 Å². The second-order valence-corrected chi connectivity index (χ2v) is 8.91. The first kappa shape index (κ1) is 19.7.